The van der Waals surface area contributed by atoms with Crippen molar-refractivity contribution in [2.45, 2.75) is 42.5 Å². The van der Waals surface area contributed by atoms with Gasteiger partial charge < -0.3 is 5.32 Å². The molecule has 2 aromatic carbocycles. The Morgan fingerprint density at radius 1 is 1.20 bits per heavy atom. The summed E-state index contributed by atoms with van der Waals surface area (Å²) >= 11 is 2.88. The van der Waals surface area contributed by atoms with Gasteiger partial charge >= 0.3 is 0 Å². The SMILES string of the molecule is Cc1cc(C)cc(-n2c(SCC(=O)Nc3ccccc3)nc3c(c2=O)SC(C)C3)c1. The Hall–Kier alpha value is -2.51. The second-order valence-electron chi connectivity index (χ2n) is 7.49. The number of carbonyl (C=O) groups is 1. The highest BCUT2D eigenvalue weighted by Crippen LogP contribution is 2.35. The molecule has 0 radical (unpaired) electrons. The Morgan fingerprint density at radius 3 is 2.60 bits per heavy atom. The van der Waals surface area contributed by atoms with Gasteiger partial charge in [0, 0.05) is 17.4 Å². The molecule has 1 aliphatic heterocycles. The fraction of sp³-hybridized carbons (Fsp3) is 0.261. The fourth-order valence-corrected chi connectivity index (χ4v) is 5.48. The van der Waals surface area contributed by atoms with Crippen LogP contribution in [0, 0.1) is 13.8 Å². The predicted octanol–water partition coefficient (Wildman–Crippen LogP) is 4.62. The van der Waals surface area contributed by atoms with E-state index in [4.69, 9.17) is 4.98 Å². The second-order valence-corrected chi connectivity index (χ2v) is 9.88. The number of fused-ring (bicyclic) bond motifs is 1. The van der Waals surface area contributed by atoms with Gasteiger partial charge in [0.2, 0.25) is 5.91 Å². The summed E-state index contributed by atoms with van der Waals surface area (Å²) in [4.78, 5) is 31.4. The Labute approximate surface area is 184 Å². The zero-order valence-corrected chi connectivity index (χ0v) is 18.8. The lowest BCUT2D eigenvalue weighted by Gasteiger charge is -2.15. The van der Waals surface area contributed by atoms with Crippen LogP contribution in [0.15, 0.2) is 63.4 Å². The van der Waals surface area contributed by atoms with E-state index in [0.717, 1.165) is 39.5 Å². The molecule has 0 aliphatic carbocycles. The molecule has 1 N–H and O–H groups in total. The maximum atomic E-state index is 13.4. The van der Waals surface area contributed by atoms with E-state index in [1.54, 1.807) is 16.3 Å². The maximum absolute atomic E-state index is 13.4. The molecule has 0 saturated carbocycles. The van der Waals surface area contributed by atoms with Crippen molar-refractivity contribution in [3.8, 4) is 5.69 Å². The van der Waals surface area contributed by atoms with Gasteiger partial charge in [-0.15, -0.1) is 11.8 Å². The Morgan fingerprint density at radius 2 is 1.90 bits per heavy atom. The topological polar surface area (TPSA) is 64.0 Å². The zero-order chi connectivity index (χ0) is 21.3. The van der Waals surface area contributed by atoms with Crippen LogP contribution in [0.2, 0.25) is 0 Å². The molecule has 154 valence electrons. The van der Waals surface area contributed by atoms with E-state index in [0.29, 0.717) is 10.4 Å². The van der Waals surface area contributed by atoms with Gasteiger partial charge in [-0.1, -0.05) is 43.0 Å². The molecule has 2 heterocycles. The Balaban J connectivity index is 1.68. The summed E-state index contributed by atoms with van der Waals surface area (Å²) in [6.07, 6.45) is 0.771. The molecule has 1 atom stereocenters. The van der Waals surface area contributed by atoms with Crippen molar-refractivity contribution in [1.29, 1.82) is 0 Å². The number of aryl methyl sites for hydroxylation is 2. The summed E-state index contributed by atoms with van der Waals surface area (Å²) in [7, 11) is 0. The van der Waals surface area contributed by atoms with Crippen molar-refractivity contribution in [1.82, 2.24) is 9.55 Å². The molecular formula is C23H23N3O2S2. The van der Waals surface area contributed by atoms with Crippen molar-refractivity contribution in [2.75, 3.05) is 11.1 Å². The largest absolute Gasteiger partial charge is 0.325 e. The van der Waals surface area contributed by atoms with Gasteiger partial charge in [0.15, 0.2) is 5.16 Å². The van der Waals surface area contributed by atoms with E-state index in [1.165, 1.54) is 11.8 Å². The van der Waals surface area contributed by atoms with Gasteiger partial charge in [0.05, 0.1) is 22.0 Å². The molecule has 1 amide bonds. The number of benzene rings is 2. The minimum atomic E-state index is -0.129. The van der Waals surface area contributed by atoms with Gasteiger partial charge in [-0.2, -0.15) is 0 Å². The quantitative estimate of drug-likeness (QED) is 0.466. The lowest BCUT2D eigenvalue weighted by atomic mass is 10.1. The van der Waals surface area contributed by atoms with Gasteiger partial charge in [0.1, 0.15) is 0 Å². The molecule has 0 spiro atoms. The van der Waals surface area contributed by atoms with Crippen LogP contribution in [-0.2, 0) is 11.2 Å². The standard InChI is InChI=1S/C23H23N3O2S2/c1-14-9-15(2)11-18(10-14)26-22(28)21-19(12-16(3)30-21)25-23(26)29-13-20(27)24-17-7-5-4-6-8-17/h4-11,16H,12-13H2,1-3H3,(H,24,27). The Bertz CT molecular complexity index is 1140. The number of hydrogen-bond acceptors (Lipinski definition) is 5. The number of anilines is 1. The first-order chi connectivity index (χ1) is 14.4. The molecule has 1 aliphatic rings. The van der Waals surface area contributed by atoms with Crippen LogP contribution >= 0.6 is 23.5 Å². The summed E-state index contributed by atoms with van der Waals surface area (Å²) in [6.45, 7) is 6.13. The van der Waals surface area contributed by atoms with Crippen LogP contribution in [0.5, 0.6) is 0 Å². The highest BCUT2D eigenvalue weighted by Gasteiger charge is 2.27. The molecule has 0 bridgehead atoms. The van der Waals surface area contributed by atoms with Crippen molar-refractivity contribution in [3.05, 3.63) is 75.7 Å². The average molecular weight is 438 g/mol. The van der Waals surface area contributed by atoms with Crippen molar-refractivity contribution in [2.24, 2.45) is 0 Å². The van der Waals surface area contributed by atoms with E-state index in [-0.39, 0.29) is 17.2 Å². The minimum Gasteiger partial charge on any atom is -0.325 e. The first-order valence-corrected chi connectivity index (χ1v) is 11.7. The van der Waals surface area contributed by atoms with E-state index in [2.05, 4.69) is 18.3 Å². The first-order valence-electron chi connectivity index (χ1n) is 9.79. The lowest BCUT2D eigenvalue weighted by molar-refractivity contribution is -0.113. The summed E-state index contributed by atoms with van der Waals surface area (Å²) in [6, 6.07) is 15.4. The second kappa shape index (κ2) is 8.70. The van der Waals surface area contributed by atoms with E-state index in [9.17, 15) is 9.59 Å². The third kappa shape index (κ3) is 4.47. The van der Waals surface area contributed by atoms with Gasteiger partial charge in [-0.25, -0.2) is 4.98 Å². The summed E-state index contributed by atoms with van der Waals surface area (Å²) in [5.74, 6) is 0.0452. The van der Waals surface area contributed by atoms with E-state index < -0.39 is 0 Å². The van der Waals surface area contributed by atoms with Crippen LogP contribution in [0.4, 0.5) is 5.69 Å². The number of aromatic nitrogens is 2. The van der Waals surface area contributed by atoms with E-state index in [1.807, 2.05) is 56.3 Å². The monoisotopic (exact) mass is 437 g/mol. The summed E-state index contributed by atoms with van der Waals surface area (Å²) in [5, 5.41) is 3.77. The highest BCUT2D eigenvalue weighted by molar-refractivity contribution is 8.00. The van der Waals surface area contributed by atoms with Gasteiger partial charge in [-0.3, -0.25) is 14.2 Å². The van der Waals surface area contributed by atoms with E-state index >= 15 is 0 Å². The van der Waals surface area contributed by atoms with Gasteiger partial charge in [0.25, 0.3) is 5.56 Å². The number of hydrogen-bond donors (Lipinski definition) is 1. The molecular weight excluding hydrogens is 414 g/mol. The number of para-hydroxylation sites is 1. The predicted molar refractivity (Wildman–Crippen MR) is 124 cm³/mol. The number of thioether (sulfide) groups is 2. The number of nitrogens with one attached hydrogen (secondary N) is 1. The van der Waals surface area contributed by atoms with Crippen molar-refractivity contribution in [3.63, 3.8) is 0 Å². The Kier molecular flexibility index (Phi) is 6.01. The summed E-state index contributed by atoms with van der Waals surface area (Å²) < 4.78 is 1.66. The first kappa shape index (κ1) is 20.8. The normalized spacial score (nSPS) is 15.1. The van der Waals surface area contributed by atoms with Crippen molar-refractivity contribution >= 4 is 35.1 Å². The average Bonchev–Trinajstić information content (AvgIpc) is 3.07. The molecule has 3 aromatic rings. The smallest absolute Gasteiger partial charge is 0.272 e. The fourth-order valence-electron chi connectivity index (χ4n) is 3.55. The molecule has 0 saturated heterocycles. The number of rotatable bonds is 5. The third-order valence-electron chi connectivity index (χ3n) is 4.74. The third-order valence-corrected chi connectivity index (χ3v) is 6.89. The number of carbonyl (C=O) groups excluding carboxylic acids is 1. The lowest BCUT2D eigenvalue weighted by Crippen LogP contribution is -2.25. The summed E-state index contributed by atoms with van der Waals surface area (Å²) in [5.41, 5.74) is 4.49. The molecule has 7 heteroatoms. The van der Waals surface area contributed by atoms with Crippen LogP contribution in [0.25, 0.3) is 5.69 Å². The van der Waals surface area contributed by atoms with Crippen LogP contribution in [0.1, 0.15) is 23.7 Å². The maximum Gasteiger partial charge on any atom is 0.272 e. The molecule has 0 fully saturated rings. The number of amides is 1. The molecule has 1 unspecified atom stereocenters. The van der Waals surface area contributed by atoms with Crippen LogP contribution in [0.3, 0.4) is 0 Å². The van der Waals surface area contributed by atoms with Crippen LogP contribution < -0.4 is 10.9 Å². The van der Waals surface area contributed by atoms with Gasteiger partial charge in [-0.05, 0) is 49.2 Å². The molecule has 30 heavy (non-hydrogen) atoms. The molecule has 4 rings (SSSR count). The number of nitrogens with zero attached hydrogens (tertiary/aromatic N) is 2. The molecule has 5 nitrogen and oxygen atoms in total. The highest BCUT2D eigenvalue weighted by atomic mass is 32.2. The minimum absolute atomic E-state index is 0.0506. The van der Waals surface area contributed by atoms with Crippen LogP contribution in [-0.4, -0.2) is 26.5 Å². The van der Waals surface area contributed by atoms with Crippen molar-refractivity contribution < 1.29 is 4.79 Å². The molecule has 1 aromatic heterocycles. The zero-order valence-electron chi connectivity index (χ0n) is 17.1.